The standard InChI is InChI=1S/C10H9NO2S/c12-10(13)6-9(11-7-14)8-4-2-1-3-5-8/h1-5,9H,6H2,(H,12,13)/t9-/m1/s1. The summed E-state index contributed by atoms with van der Waals surface area (Å²) in [4.78, 5) is 14.4. The van der Waals surface area contributed by atoms with Gasteiger partial charge in [0.15, 0.2) is 0 Å². The van der Waals surface area contributed by atoms with Gasteiger partial charge in [-0.1, -0.05) is 30.3 Å². The summed E-state index contributed by atoms with van der Waals surface area (Å²) in [5, 5.41) is 10.9. The molecule has 0 fully saturated rings. The Balaban J connectivity index is 2.88. The average molecular weight is 207 g/mol. The van der Waals surface area contributed by atoms with Crippen LogP contribution >= 0.6 is 12.2 Å². The Labute approximate surface area is 87.1 Å². The van der Waals surface area contributed by atoms with Crippen molar-refractivity contribution in [3.63, 3.8) is 0 Å². The van der Waals surface area contributed by atoms with Crippen LogP contribution < -0.4 is 0 Å². The highest BCUT2D eigenvalue weighted by Crippen LogP contribution is 2.20. The first kappa shape index (κ1) is 10.6. The van der Waals surface area contributed by atoms with E-state index in [2.05, 4.69) is 22.4 Å². The number of thiocarbonyl (C=S) groups is 1. The molecule has 0 aliphatic rings. The first-order valence-electron chi connectivity index (χ1n) is 4.07. The number of isothiocyanates is 1. The summed E-state index contributed by atoms with van der Waals surface area (Å²) in [6.45, 7) is 0. The summed E-state index contributed by atoms with van der Waals surface area (Å²) >= 11 is 4.47. The molecule has 14 heavy (non-hydrogen) atoms. The van der Waals surface area contributed by atoms with Gasteiger partial charge >= 0.3 is 5.97 Å². The predicted molar refractivity (Wildman–Crippen MR) is 56.5 cm³/mol. The van der Waals surface area contributed by atoms with Gasteiger partial charge < -0.3 is 5.11 Å². The van der Waals surface area contributed by atoms with Crippen molar-refractivity contribution in [1.82, 2.24) is 0 Å². The third kappa shape index (κ3) is 3.09. The molecule has 1 rings (SSSR count). The molecule has 72 valence electrons. The Morgan fingerprint density at radius 2 is 2.14 bits per heavy atom. The maximum absolute atomic E-state index is 10.5. The minimum atomic E-state index is -0.896. The summed E-state index contributed by atoms with van der Waals surface area (Å²) in [6, 6.07) is 8.76. The summed E-state index contributed by atoms with van der Waals surface area (Å²) in [5.41, 5.74) is 0.840. The SMILES string of the molecule is O=C(O)C[C@@H](N=C=S)c1ccccc1. The Morgan fingerprint density at radius 3 is 2.64 bits per heavy atom. The molecule has 0 bridgehead atoms. The van der Waals surface area contributed by atoms with Crippen molar-refractivity contribution < 1.29 is 9.90 Å². The fourth-order valence-corrected chi connectivity index (χ4v) is 1.27. The zero-order chi connectivity index (χ0) is 10.4. The van der Waals surface area contributed by atoms with Gasteiger partial charge in [0, 0.05) is 0 Å². The number of hydrogen-bond donors (Lipinski definition) is 1. The van der Waals surface area contributed by atoms with Crippen LogP contribution in [-0.2, 0) is 4.79 Å². The van der Waals surface area contributed by atoms with Crippen molar-refractivity contribution in [3.8, 4) is 0 Å². The molecule has 0 aliphatic carbocycles. The number of benzene rings is 1. The molecule has 0 heterocycles. The Morgan fingerprint density at radius 1 is 1.50 bits per heavy atom. The quantitative estimate of drug-likeness (QED) is 0.608. The number of nitrogens with zero attached hydrogens (tertiary/aromatic N) is 1. The Hall–Kier alpha value is -1.51. The van der Waals surface area contributed by atoms with E-state index in [4.69, 9.17) is 5.11 Å². The third-order valence-electron chi connectivity index (χ3n) is 1.76. The summed E-state index contributed by atoms with van der Waals surface area (Å²) in [5.74, 6) is -0.896. The number of carboxylic acid groups (broad SMARTS) is 1. The molecule has 0 spiro atoms. The minimum Gasteiger partial charge on any atom is -0.481 e. The molecule has 0 amide bonds. The smallest absolute Gasteiger partial charge is 0.305 e. The van der Waals surface area contributed by atoms with Crippen molar-refractivity contribution in [2.75, 3.05) is 0 Å². The lowest BCUT2D eigenvalue weighted by molar-refractivity contribution is -0.137. The average Bonchev–Trinajstić information content (AvgIpc) is 2.18. The van der Waals surface area contributed by atoms with E-state index in [1.807, 2.05) is 30.3 Å². The molecular formula is C10H9NO2S. The molecule has 0 unspecified atom stereocenters. The maximum atomic E-state index is 10.5. The van der Waals surface area contributed by atoms with Crippen molar-refractivity contribution in [3.05, 3.63) is 35.9 Å². The van der Waals surface area contributed by atoms with Gasteiger partial charge in [0.2, 0.25) is 0 Å². The molecule has 1 aromatic carbocycles. The van der Waals surface area contributed by atoms with Crippen LogP contribution in [0.25, 0.3) is 0 Å². The number of hydrogen-bond acceptors (Lipinski definition) is 3. The molecule has 0 aromatic heterocycles. The number of carboxylic acids is 1. The van der Waals surface area contributed by atoms with Gasteiger partial charge in [0.1, 0.15) is 0 Å². The van der Waals surface area contributed by atoms with E-state index in [1.165, 1.54) is 0 Å². The summed E-state index contributed by atoms with van der Waals surface area (Å²) in [7, 11) is 0. The zero-order valence-corrected chi connectivity index (χ0v) is 8.20. The molecule has 0 saturated carbocycles. The highest BCUT2D eigenvalue weighted by Gasteiger charge is 2.13. The number of aliphatic carboxylic acids is 1. The van der Waals surface area contributed by atoms with Crippen LogP contribution in [0.3, 0.4) is 0 Å². The second-order valence-corrected chi connectivity index (χ2v) is 2.93. The van der Waals surface area contributed by atoms with Crippen LogP contribution in [0.1, 0.15) is 18.0 Å². The van der Waals surface area contributed by atoms with Gasteiger partial charge in [-0.25, -0.2) is 4.99 Å². The molecule has 1 N–H and O–H groups in total. The number of aliphatic imine (C=N–C) groups is 1. The molecule has 1 aromatic rings. The van der Waals surface area contributed by atoms with Crippen molar-refractivity contribution >= 4 is 23.3 Å². The maximum Gasteiger partial charge on any atom is 0.305 e. The first-order chi connectivity index (χ1) is 6.74. The van der Waals surface area contributed by atoms with E-state index in [9.17, 15) is 4.79 Å². The molecule has 1 atom stereocenters. The Kier molecular flexibility index (Phi) is 3.98. The van der Waals surface area contributed by atoms with Crippen LogP contribution in [-0.4, -0.2) is 16.2 Å². The molecular weight excluding hydrogens is 198 g/mol. The monoisotopic (exact) mass is 207 g/mol. The minimum absolute atomic E-state index is 0.0619. The van der Waals surface area contributed by atoms with E-state index in [-0.39, 0.29) is 6.42 Å². The van der Waals surface area contributed by atoms with Gasteiger partial charge in [-0.3, -0.25) is 4.79 Å². The van der Waals surface area contributed by atoms with Crippen LogP contribution in [0.4, 0.5) is 0 Å². The topological polar surface area (TPSA) is 49.7 Å². The van der Waals surface area contributed by atoms with Gasteiger partial charge in [-0.2, -0.15) is 0 Å². The van der Waals surface area contributed by atoms with Crippen molar-refractivity contribution in [2.24, 2.45) is 4.99 Å². The number of rotatable bonds is 4. The Bertz CT molecular complexity index is 358. The molecule has 0 radical (unpaired) electrons. The van der Waals surface area contributed by atoms with Gasteiger partial charge in [-0.05, 0) is 17.8 Å². The lowest BCUT2D eigenvalue weighted by Gasteiger charge is -2.07. The lowest BCUT2D eigenvalue weighted by atomic mass is 10.1. The largest absolute Gasteiger partial charge is 0.481 e. The second kappa shape index (κ2) is 5.27. The van der Waals surface area contributed by atoms with E-state index >= 15 is 0 Å². The number of carbonyl (C=O) groups is 1. The van der Waals surface area contributed by atoms with E-state index in [0.29, 0.717) is 0 Å². The van der Waals surface area contributed by atoms with E-state index in [1.54, 1.807) is 0 Å². The van der Waals surface area contributed by atoms with E-state index in [0.717, 1.165) is 5.56 Å². The van der Waals surface area contributed by atoms with Crippen LogP contribution in [0.2, 0.25) is 0 Å². The first-order valence-corrected chi connectivity index (χ1v) is 4.48. The van der Waals surface area contributed by atoms with Crippen molar-refractivity contribution in [1.29, 1.82) is 0 Å². The van der Waals surface area contributed by atoms with Crippen LogP contribution in [0, 0.1) is 0 Å². The molecule has 3 nitrogen and oxygen atoms in total. The fourth-order valence-electron chi connectivity index (χ4n) is 1.14. The summed E-state index contributed by atoms with van der Waals surface area (Å²) < 4.78 is 0. The van der Waals surface area contributed by atoms with Gasteiger partial charge in [0.25, 0.3) is 0 Å². The highest BCUT2D eigenvalue weighted by molar-refractivity contribution is 7.78. The normalized spacial score (nSPS) is 11.4. The third-order valence-corrected chi connectivity index (χ3v) is 1.87. The predicted octanol–water partition coefficient (Wildman–Crippen LogP) is 2.31. The highest BCUT2D eigenvalue weighted by atomic mass is 32.1. The molecule has 4 heteroatoms. The van der Waals surface area contributed by atoms with Crippen LogP contribution in [0.15, 0.2) is 35.3 Å². The second-order valence-electron chi connectivity index (χ2n) is 2.74. The van der Waals surface area contributed by atoms with Gasteiger partial charge in [0.05, 0.1) is 17.6 Å². The lowest BCUT2D eigenvalue weighted by Crippen LogP contribution is -2.03. The molecule has 0 saturated heterocycles. The van der Waals surface area contributed by atoms with Gasteiger partial charge in [-0.15, -0.1) is 0 Å². The van der Waals surface area contributed by atoms with Crippen molar-refractivity contribution in [2.45, 2.75) is 12.5 Å². The zero-order valence-electron chi connectivity index (χ0n) is 7.38. The summed E-state index contributed by atoms with van der Waals surface area (Å²) in [6.07, 6.45) is -0.0619. The van der Waals surface area contributed by atoms with E-state index < -0.39 is 12.0 Å². The van der Waals surface area contributed by atoms with Crippen LogP contribution in [0.5, 0.6) is 0 Å². The molecule has 0 aliphatic heterocycles. The fraction of sp³-hybridized carbons (Fsp3) is 0.200.